The fourth-order valence-corrected chi connectivity index (χ4v) is 3.36. The van der Waals surface area contributed by atoms with Gasteiger partial charge < -0.3 is 25.0 Å². The quantitative estimate of drug-likeness (QED) is 0.871. The van der Waals surface area contributed by atoms with E-state index in [0.717, 1.165) is 12.0 Å². The Kier molecular flexibility index (Phi) is 4.82. The average molecular weight is 367 g/mol. The van der Waals surface area contributed by atoms with Gasteiger partial charge >= 0.3 is 6.03 Å². The van der Waals surface area contributed by atoms with Crippen LogP contribution in [-0.2, 0) is 11.3 Å². The topological polar surface area (TPSA) is 79.9 Å². The predicted octanol–water partition coefficient (Wildman–Crippen LogP) is 2.73. The first-order valence-electron chi connectivity index (χ1n) is 8.99. The van der Waals surface area contributed by atoms with Gasteiger partial charge in [-0.15, -0.1) is 0 Å². The van der Waals surface area contributed by atoms with Crippen LogP contribution in [0.4, 0.5) is 10.5 Å². The molecule has 0 spiro atoms. The lowest BCUT2D eigenvalue weighted by atomic mass is 10.2. The first kappa shape index (κ1) is 17.2. The monoisotopic (exact) mass is 367 g/mol. The van der Waals surface area contributed by atoms with Crippen LogP contribution in [0, 0.1) is 0 Å². The summed E-state index contributed by atoms with van der Waals surface area (Å²) in [5.74, 6) is 1.08. The molecule has 2 aromatic carbocycles. The molecule has 1 atom stereocenters. The molecule has 0 saturated carbocycles. The van der Waals surface area contributed by atoms with Crippen LogP contribution in [0.5, 0.6) is 11.5 Å². The summed E-state index contributed by atoms with van der Waals surface area (Å²) in [7, 11) is 0. The van der Waals surface area contributed by atoms with Crippen molar-refractivity contribution in [1.29, 1.82) is 0 Å². The van der Waals surface area contributed by atoms with E-state index < -0.39 is 6.04 Å². The molecular formula is C20H21N3O4. The second-order valence-corrected chi connectivity index (χ2v) is 6.55. The Bertz CT molecular complexity index is 840. The molecule has 0 unspecified atom stereocenters. The molecule has 2 aliphatic rings. The summed E-state index contributed by atoms with van der Waals surface area (Å²) < 4.78 is 10.6. The van der Waals surface area contributed by atoms with Gasteiger partial charge in [0.2, 0.25) is 12.7 Å². The van der Waals surface area contributed by atoms with Crippen LogP contribution in [0.15, 0.2) is 48.5 Å². The van der Waals surface area contributed by atoms with Crippen molar-refractivity contribution in [2.75, 3.05) is 18.7 Å². The van der Waals surface area contributed by atoms with Gasteiger partial charge in [-0.2, -0.15) is 0 Å². The lowest BCUT2D eigenvalue weighted by molar-refractivity contribution is -0.119. The maximum absolute atomic E-state index is 12.7. The van der Waals surface area contributed by atoms with E-state index in [1.165, 1.54) is 0 Å². The second kappa shape index (κ2) is 7.57. The summed E-state index contributed by atoms with van der Waals surface area (Å²) >= 11 is 0. The van der Waals surface area contributed by atoms with E-state index in [1.54, 1.807) is 23.1 Å². The van der Waals surface area contributed by atoms with Crippen molar-refractivity contribution in [3.63, 3.8) is 0 Å². The number of carbonyl (C=O) groups excluding carboxylic acids is 2. The van der Waals surface area contributed by atoms with Crippen LogP contribution in [0.1, 0.15) is 18.4 Å². The minimum absolute atomic E-state index is 0.185. The highest BCUT2D eigenvalue weighted by Crippen LogP contribution is 2.34. The number of hydrogen-bond donors (Lipinski definition) is 2. The highest BCUT2D eigenvalue weighted by molar-refractivity contribution is 5.97. The maximum Gasteiger partial charge on any atom is 0.318 e. The molecule has 1 fully saturated rings. The molecule has 140 valence electrons. The molecule has 0 aliphatic carbocycles. The second-order valence-electron chi connectivity index (χ2n) is 6.55. The Morgan fingerprint density at radius 1 is 1.07 bits per heavy atom. The van der Waals surface area contributed by atoms with Crippen molar-refractivity contribution in [1.82, 2.24) is 10.2 Å². The number of likely N-dealkylation sites (tertiary alicyclic amines) is 1. The van der Waals surface area contributed by atoms with Crippen LogP contribution in [0.3, 0.4) is 0 Å². The lowest BCUT2D eigenvalue weighted by Crippen LogP contribution is -2.47. The molecule has 4 rings (SSSR count). The number of nitrogens with zero attached hydrogens (tertiary/aromatic N) is 1. The number of hydrogen-bond acceptors (Lipinski definition) is 4. The molecule has 1 saturated heterocycles. The number of urea groups is 1. The summed E-state index contributed by atoms with van der Waals surface area (Å²) in [4.78, 5) is 26.8. The van der Waals surface area contributed by atoms with Crippen LogP contribution < -0.4 is 20.1 Å². The van der Waals surface area contributed by atoms with Crippen LogP contribution >= 0.6 is 0 Å². The van der Waals surface area contributed by atoms with E-state index >= 15 is 0 Å². The minimum Gasteiger partial charge on any atom is -0.454 e. The van der Waals surface area contributed by atoms with Crippen molar-refractivity contribution >= 4 is 17.6 Å². The maximum atomic E-state index is 12.7. The summed E-state index contributed by atoms with van der Waals surface area (Å²) in [5, 5.41) is 5.77. The van der Waals surface area contributed by atoms with Gasteiger partial charge in [0.05, 0.1) is 0 Å². The van der Waals surface area contributed by atoms with Crippen molar-refractivity contribution in [2.45, 2.75) is 25.4 Å². The molecule has 2 heterocycles. The molecule has 7 heteroatoms. The normalized spacial score (nSPS) is 17.6. The van der Waals surface area contributed by atoms with E-state index in [-0.39, 0.29) is 18.7 Å². The van der Waals surface area contributed by atoms with E-state index in [1.807, 2.05) is 30.3 Å². The molecule has 27 heavy (non-hydrogen) atoms. The zero-order chi connectivity index (χ0) is 18.6. The fraction of sp³-hybridized carbons (Fsp3) is 0.300. The molecule has 7 nitrogen and oxygen atoms in total. The third kappa shape index (κ3) is 3.81. The van der Waals surface area contributed by atoms with Gasteiger partial charge in [-0.3, -0.25) is 4.79 Å². The molecule has 2 aromatic rings. The third-order valence-corrected chi connectivity index (χ3v) is 4.74. The summed E-state index contributed by atoms with van der Waals surface area (Å²) in [6, 6.07) is 14.3. The minimum atomic E-state index is -0.480. The summed E-state index contributed by atoms with van der Waals surface area (Å²) in [5.41, 5.74) is 1.65. The number of fused-ring (bicyclic) bond motifs is 1. The number of ether oxygens (including phenoxy) is 2. The Morgan fingerprint density at radius 2 is 1.89 bits per heavy atom. The number of carbonyl (C=O) groups is 2. The SMILES string of the molecule is O=C(Nc1ccc2c(c1)OCO2)[C@@H]1CCCN1C(=O)NCc1ccccc1. The van der Waals surface area contributed by atoms with E-state index in [9.17, 15) is 9.59 Å². The Balaban J connectivity index is 1.37. The number of amides is 3. The fourth-order valence-electron chi connectivity index (χ4n) is 3.36. The largest absolute Gasteiger partial charge is 0.454 e. The highest BCUT2D eigenvalue weighted by atomic mass is 16.7. The van der Waals surface area contributed by atoms with Gasteiger partial charge in [0.15, 0.2) is 11.5 Å². The Labute approximate surface area is 157 Å². The van der Waals surface area contributed by atoms with Gasteiger partial charge in [0.25, 0.3) is 0 Å². The average Bonchev–Trinajstić information content (AvgIpc) is 3.36. The highest BCUT2D eigenvalue weighted by Gasteiger charge is 2.34. The molecule has 0 aromatic heterocycles. The third-order valence-electron chi connectivity index (χ3n) is 4.74. The smallest absolute Gasteiger partial charge is 0.318 e. The summed E-state index contributed by atoms with van der Waals surface area (Å²) in [6.07, 6.45) is 1.45. The van der Waals surface area contributed by atoms with E-state index in [2.05, 4.69) is 10.6 Å². The van der Waals surface area contributed by atoms with Crippen molar-refractivity contribution in [2.24, 2.45) is 0 Å². The Hall–Kier alpha value is -3.22. The van der Waals surface area contributed by atoms with Crippen LogP contribution in [0.2, 0.25) is 0 Å². The van der Waals surface area contributed by atoms with Crippen LogP contribution in [0.25, 0.3) is 0 Å². The van der Waals surface area contributed by atoms with Gasteiger partial charge in [-0.05, 0) is 30.5 Å². The standard InChI is InChI=1S/C20H21N3O4/c24-19(22-15-8-9-17-18(11-15)27-13-26-17)16-7-4-10-23(16)20(25)21-12-14-5-2-1-3-6-14/h1-3,5-6,8-9,11,16H,4,7,10,12-13H2,(H,21,25)(H,22,24)/t16-/m0/s1. The van der Waals surface area contributed by atoms with Gasteiger partial charge in [-0.25, -0.2) is 4.79 Å². The first-order chi connectivity index (χ1) is 13.2. The lowest BCUT2D eigenvalue weighted by Gasteiger charge is -2.24. The zero-order valence-corrected chi connectivity index (χ0v) is 14.8. The Morgan fingerprint density at radius 3 is 2.74 bits per heavy atom. The molecule has 2 N–H and O–H groups in total. The number of anilines is 1. The van der Waals surface area contributed by atoms with Gasteiger partial charge in [0, 0.05) is 24.8 Å². The molecule has 0 bridgehead atoms. The number of nitrogens with one attached hydrogen (secondary N) is 2. The molecule has 0 radical (unpaired) electrons. The predicted molar refractivity (Wildman–Crippen MR) is 99.6 cm³/mol. The van der Waals surface area contributed by atoms with Gasteiger partial charge in [0.1, 0.15) is 6.04 Å². The first-order valence-corrected chi connectivity index (χ1v) is 8.99. The molecule has 3 amide bonds. The molecule has 2 aliphatic heterocycles. The van der Waals surface area contributed by atoms with Gasteiger partial charge in [-0.1, -0.05) is 30.3 Å². The van der Waals surface area contributed by atoms with Crippen molar-refractivity contribution in [3.8, 4) is 11.5 Å². The molecular weight excluding hydrogens is 346 g/mol. The van der Waals surface area contributed by atoms with Crippen LogP contribution in [-0.4, -0.2) is 36.2 Å². The van der Waals surface area contributed by atoms with E-state index in [4.69, 9.17) is 9.47 Å². The van der Waals surface area contributed by atoms with E-state index in [0.29, 0.717) is 36.7 Å². The number of rotatable bonds is 4. The number of benzene rings is 2. The van der Waals surface area contributed by atoms with Crippen molar-refractivity contribution < 1.29 is 19.1 Å². The summed E-state index contributed by atoms with van der Waals surface area (Å²) in [6.45, 7) is 1.19. The zero-order valence-electron chi connectivity index (χ0n) is 14.8. The van der Waals surface area contributed by atoms with Crippen molar-refractivity contribution in [3.05, 3.63) is 54.1 Å².